The fourth-order valence-electron chi connectivity index (χ4n) is 5.95. The van der Waals surface area contributed by atoms with Gasteiger partial charge in [0.05, 0.1) is 5.92 Å². The molecule has 0 aromatic heterocycles. The third-order valence-electron chi connectivity index (χ3n) is 7.25. The highest BCUT2D eigenvalue weighted by molar-refractivity contribution is 5.80. The fourth-order valence-corrected chi connectivity index (χ4v) is 5.95. The van der Waals surface area contributed by atoms with E-state index in [1.165, 1.54) is 22.4 Å². The summed E-state index contributed by atoms with van der Waals surface area (Å²) in [5.41, 5.74) is 4.47. The minimum Gasteiger partial charge on any atom is -0.452 e. The minimum atomic E-state index is -0.614. The van der Waals surface area contributed by atoms with Crippen molar-refractivity contribution >= 4 is 5.97 Å². The number of carbonyl (C=O) groups is 1. The molecule has 0 saturated carbocycles. The molecule has 3 heteroatoms. The second kappa shape index (κ2) is 6.76. The van der Waals surface area contributed by atoms with Gasteiger partial charge in [-0.25, -0.2) is 0 Å². The highest BCUT2D eigenvalue weighted by Crippen LogP contribution is 2.58. The fraction of sp³-hybridized carbons (Fsp3) is 0.423. The lowest BCUT2D eigenvalue weighted by atomic mass is 9.58. The molecular formula is C26H29NO2. The van der Waals surface area contributed by atoms with Gasteiger partial charge in [0.25, 0.3) is 0 Å². The molecule has 3 aliphatic carbocycles. The van der Waals surface area contributed by atoms with Crippen molar-refractivity contribution in [3.8, 4) is 0 Å². The quantitative estimate of drug-likeness (QED) is 0.705. The van der Waals surface area contributed by atoms with Crippen LogP contribution in [0.15, 0.2) is 66.4 Å². The smallest absolute Gasteiger partial charge is 0.314 e. The molecule has 1 saturated heterocycles. The number of fused-ring (bicyclic) bond motifs is 6. The van der Waals surface area contributed by atoms with Crippen LogP contribution in [-0.2, 0) is 21.6 Å². The molecule has 4 aliphatic rings. The molecule has 1 aromatic rings. The Labute approximate surface area is 173 Å². The largest absolute Gasteiger partial charge is 0.452 e. The molecule has 0 radical (unpaired) electrons. The van der Waals surface area contributed by atoms with Crippen molar-refractivity contribution in [3.63, 3.8) is 0 Å². The maximum absolute atomic E-state index is 12.9. The zero-order chi connectivity index (χ0) is 20.2. The molecule has 5 unspecified atom stereocenters. The van der Waals surface area contributed by atoms with E-state index in [1.54, 1.807) is 0 Å². The zero-order valence-corrected chi connectivity index (χ0v) is 17.5. The minimum absolute atomic E-state index is 0.0438. The first-order chi connectivity index (χ1) is 14.1. The second-order valence-electron chi connectivity index (χ2n) is 8.71. The SMILES string of the molecule is CCN(CC)C1=CC2Cc3cc(C)ccc3C3(OC(=O)C4C=CC=CC43)C2C=C1. The first-order valence-corrected chi connectivity index (χ1v) is 10.9. The molecule has 1 fully saturated rings. The number of benzene rings is 1. The van der Waals surface area contributed by atoms with Crippen LogP contribution in [0.1, 0.15) is 30.5 Å². The Hall–Kier alpha value is -2.55. The molecule has 0 amide bonds. The molecule has 150 valence electrons. The monoisotopic (exact) mass is 387 g/mol. The Bertz CT molecular complexity index is 965. The van der Waals surface area contributed by atoms with E-state index in [0.29, 0.717) is 5.92 Å². The van der Waals surface area contributed by atoms with Crippen LogP contribution >= 0.6 is 0 Å². The van der Waals surface area contributed by atoms with Gasteiger partial charge in [-0.1, -0.05) is 60.2 Å². The van der Waals surface area contributed by atoms with Crippen molar-refractivity contribution in [2.45, 2.75) is 32.8 Å². The number of aryl methyl sites for hydroxylation is 1. The van der Waals surface area contributed by atoms with Gasteiger partial charge in [-0.05, 0) is 50.3 Å². The van der Waals surface area contributed by atoms with Crippen molar-refractivity contribution in [3.05, 3.63) is 83.1 Å². The van der Waals surface area contributed by atoms with Gasteiger partial charge in [0, 0.05) is 30.6 Å². The molecular weight excluding hydrogens is 358 g/mol. The number of ether oxygens (including phenoxy) is 1. The van der Waals surface area contributed by atoms with E-state index in [1.807, 2.05) is 12.2 Å². The van der Waals surface area contributed by atoms with E-state index in [-0.39, 0.29) is 23.7 Å². The van der Waals surface area contributed by atoms with Gasteiger partial charge in [0.1, 0.15) is 0 Å². The van der Waals surface area contributed by atoms with Crippen LogP contribution in [0, 0.1) is 30.6 Å². The predicted octanol–water partition coefficient (Wildman–Crippen LogP) is 4.69. The van der Waals surface area contributed by atoms with Crippen LogP contribution in [-0.4, -0.2) is 24.0 Å². The van der Waals surface area contributed by atoms with Gasteiger partial charge < -0.3 is 9.64 Å². The van der Waals surface area contributed by atoms with Gasteiger partial charge in [-0.2, -0.15) is 0 Å². The first-order valence-electron chi connectivity index (χ1n) is 10.9. The summed E-state index contributed by atoms with van der Waals surface area (Å²) < 4.78 is 6.39. The Balaban J connectivity index is 1.67. The van der Waals surface area contributed by atoms with E-state index >= 15 is 0 Å². The third kappa shape index (κ3) is 2.59. The summed E-state index contributed by atoms with van der Waals surface area (Å²) >= 11 is 0. The predicted molar refractivity (Wildman–Crippen MR) is 115 cm³/mol. The van der Waals surface area contributed by atoms with Gasteiger partial charge in [-0.15, -0.1) is 0 Å². The molecule has 5 atom stereocenters. The lowest BCUT2D eigenvalue weighted by Gasteiger charge is -2.48. The van der Waals surface area contributed by atoms with Crippen molar-refractivity contribution < 1.29 is 9.53 Å². The van der Waals surface area contributed by atoms with Crippen molar-refractivity contribution in [1.29, 1.82) is 0 Å². The summed E-state index contributed by atoms with van der Waals surface area (Å²) in [5, 5.41) is 0. The second-order valence-corrected chi connectivity index (χ2v) is 8.71. The Morgan fingerprint density at radius 1 is 1.10 bits per heavy atom. The molecule has 1 aromatic carbocycles. The van der Waals surface area contributed by atoms with Gasteiger partial charge >= 0.3 is 5.97 Å². The maximum atomic E-state index is 12.9. The molecule has 0 N–H and O–H groups in total. The molecule has 3 nitrogen and oxygen atoms in total. The van der Waals surface area contributed by atoms with Crippen LogP contribution in [0.4, 0.5) is 0 Å². The average molecular weight is 388 g/mol. The summed E-state index contributed by atoms with van der Waals surface area (Å²) in [6, 6.07) is 6.66. The van der Waals surface area contributed by atoms with E-state index < -0.39 is 5.60 Å². The van der Waals surface area contributed by atoms with Crippen molar-refractivity contribution in [2.75, 3.05) is 13.1 Å². The van der Waals surface area contributed by atoms with Gasteiger partial charge in [0.2, 0.25) is 0 Å². The highest BCUT2D eigenvalue weighted by Gasteiger charge is 2.62. The Morgan fingerprint density at radius 2 is 1.90 bits per heavy atom. The standard InChI is InChI=1S/C26H29NO2/c1-4-27(5-2)20-11-13-23-19(16-20)15-18-14-17(3)10-12-22(18)26(23)24-9-7-6-8-21(24)25(28)29-26/h6-14,16,19,21,23-24H,4-5,15H2,1-3H3. The van der Waals surface area contributed by atoms with Crippen molar-refractivity contribution in [2.24, 2.45) is 23.7 Å². The van der Waals surface area contributed by atoms with E-state index in [2.05, 4.69) is 74.3 Å². The van der Waals surface area contributed by atoms with E-state index in [4.69, 9.17) is 4.74 Å². The molecule has 1 spiro atoms. The topological polar surface area (TPSA) is 29.5 Å². The molecule has 0 bridgehead atoms. The lowest BCUT2D eigenvalue weighted by molar-refractivity contribution is -0.157. The molecule has 1 aliphatic heterocycles. The third-order valence-corrected chi connectivity index (χ3v) is 7.25. The lowest BCUT2D eigenvalue weighted by Crippen LogP contribution is -2.48. The summed E-state index contributed by atoms with van der Waals surface area (Å²) in [6.45, 7) is 8.54. The first kappa shape index (κ1) is 18.5. The van der Waals surface area contributed by atoms with Crippen LogP contribution < -0.4 is 0 Å². The average Bonchev–Trinajstić information content (AvgIpc) is 3.02. The van der Waals surface area contributed by atoms with Gasteiger partial charge in [-0.3, -0.25) is 4.79 Å². The van der Waals surface area contributed by atoms with Crippen LogP contribution in [0.5, 0.6) is 0 Å². The summed E-state index contributed by atoms with van der Waals surface area (Å²) in [7, 11) is 0. The zero-order valence-electron chi connectivity index (χ0n) is 17.5. The number of likely N-dealkylation sites (N-methyl/N-ethyl adjacent to an activating group) is 1. The number of rotatable bonds is 3. The molecule has 29 heavy (non-hydrogen) atoms. The number of hydrogen-bond acceptors (Lipinski definition) is 3. The van der Waals surface area contributed by atoms with Crippen molar-refractivity contribution in [1.82, 2.24) is 4.90 Å². The summed E-state index contributed by atoms with van der Waals surface area (Å²) in [4.78, 5) is 15.3. The number of hydrogen-bond donors (Lipinski definition) is 0. The normalized spacial score (nSPS) is 33.8. The summed E-state index contributed by atoms with van der Waals surface area (Å²) in [6.07, 6.45) is 16.3. The van der Waals surface area contributed by atoms with Crippen LogP contribution in [0.2, 0.25) is 0 Å². The Kier molecular flexibility index (Phi) is 4.31. The molecule has 5 rings (SSSR count). The summed E-state index contributed by atoms with van der Waals surface area (Å²) in [5.74, 6) is 0.259. The van der Waals surface area contributed by atoms with E-state index in [0.717, 1.165) is 19.5 Å². The number of allylic oxidation sites excluding steroid dienone is 4. The highest BCUT2D eigenvalue weighted by atomic mass is 16.6. The number of carbonyl (C=O) groups excluding carboxylic acids is 1. The maximum Gasteiger partial charge on any atom is 0.314 e. The number of nitrogens with zero attached hydrogens (tertiary/aromatic N) is 1. The molecule has 1 heterocycles. The van der Waals surface area contributed by atoms with Crippen LogP contribution in [0.3, 0.4) is 0 Å². The van der Waals surface area contributed by atoms with Crippen LogP contribution in [0.25, 0.3) is 0 Å². The number of esters is 1. The van der Waals surface area contributed by atoms with Gasteiger partial charge in [0.15, 0.2) is 5.60 Å². The van der Waals surface area contributed by atoms with E-state index in [9.17, 15) is 4.79 Å². The Morgan fingerprint density at radius 3 is 2.69 bits per heavy atom.